The molecule has 2 N–H and O–H groups in total. The first kappa shape index (κ1) is 20.0. The highest BCUT2D eigenvalue weighted by Gasteiger charge is 2.25. The van der Waals surface area contributed by atoms with Crippen LogP contribution in [0.25, 0.3) is 0 Å². The molecule has 1 aliphatic heterocycles. The van der Waals surface area contributed by atoms with Crippen molar-refractivity contribution < 1.29 is 4.79 Å². The number of carbonyl (C=O) groups is 1. The summed E-state index contributed by atoms with van der Waals surface area (Å²) in [4.78, 5) is 12.3. The van der Waals surface area contributed by atoms with Gasteiger partial charge < -0.3 is 10.6 Å². The Morgan fingerprint density at radius 3 is 2.65 bits per heavy atom. The van der Waals surface area contributed by atoms with Crippen LogP contribution in [0.15, 0.2) is 12.3 Å². The van der Waals surface area contributed by atoms with Crippen molar-refractivity contribution in [1.82, 2.24) is 20.4 Å². The monoisotopic (exact) mass is 342 g/mol. The molecule has 6 heteroatoms. The van der Waals surface area contributed by atoms with E-state index in [4.69, 9.17) is 0 Å². The third kappa shape index (κ3) is 4.95. The van der Waals surface area contributed by atoms with E-state index in [9.17, 15) is 4.79 Å². The molecule has 1 saturated heterocycles. The van der Waals surface area contributed by atoms with Gasteiger partial charge in [0.05, 0.1) is 6.04 Å². The maximum absolute atomic E-state index is 12.3. The number of hydrogen-bond donors (Lipinski definition) is 2. The second kappa shape index (κ2) is 9.28. The average Bonchev–Trinajstić information content (AvgIpc) is 3.07. The topological polar surface area (TPSA) is 59.0 Å². The fraction of sp³-hybridized carbons (Fsp3) is 0.765. The highest BCUT2D eigenvalue weighted by Crippen LogP contribution is 2.29. The fourth-order valence-electron chi connectivity index (χ4n) is 3.21. The van der Waals surface area contributed by atoms with Crippen LogP contribution in [0.2, 0.25) is 0 Å². The maximum atomic E-state index is 12.3. The predicted molar refractivity (Wildman–Crippen MR) is 96.3 cm³/mol. The number of aromatic nitrogens is 2. The molecule has 1 unspecified atom stereocenters. The predicted octanol–water partition coefficient (Wildman–Crippen LogP) is 3.18. The quantitative estimate of drug-likeness (QED) is 0.800. The number of rotatable bonds is 7. The summed E-state index contributed by atoms with van der Waals surface area (Å²) >= 11 is 0. The lowest BCUT2D eigenvalue weighted by atomic mass is 9.80. The molecule has 0 saturated carbocycles. The second-order valence-electron chi connectivity index (χ2n) is 6.42. The minimum atomic E-state index is -0.0535. The van der Waals surface area contributed by atoms with E-state index in [2.05, 4.69) is 36.5 Å². The maximum Gasteiger partial charge on any atom is 0.271 e. The first-order valence-corrected chi connectivity index (χ1v) is 8.68. The second-order valence-corrected chi connectivity index (χ2v) is 6.42. The Morgan fingerprint density at radius 2 is 2.09 bits per heavy atom. The summed E-state index contributed by atoms with van der Waals surface area (Å²) in [5.41, 5.74) is 0.744. The van der Waals surface area contributed by atoms with Crippen molar-refractivity contribution >= 4 is 18.3 Å². The van der Waals surface area contributed by atoms with Gasteiger partial charge in [-0.25, -0.2) is 0 Å². The zero-order valence-electron chi connectivity index (χ0n) is 14.6. The Bertz CT molecular complexity index is 470. The zero-order chi connectivity index (χ0) is 16.0. The fourth-order valence-corrected chi connectivity index (χ4v) is 3.21. The lowest BCUT2D eigenvalue weighted by Gasteiger charge is -2.30. The van der Waals surface area contributed by atoms with E-state index in [0.717, 1.165) is 51.7 Å². The number of halogens is 1. The van der Waals surface area contributed by atoms with Crippen molar-refractivity contribution in [3.05, 3.63) is 18.0 Å². The molecule has 2 rings (SSSR count). The molecule has 5 nitrogen and oxygen atoms in total. The molecular weight excluding hydrogens is 312 g/mol. The van der Waals surface area contributed by atoms with Gasteiger partial charge in [-0.05, 0) is 50.1 Å². The lowest BCUT2D eigenvalue weighted by molar-refractivity contribution is 0.0917. The summed E-state index contributed by atoms with van der Waals surface area (Å²) in [6.07, 6.45) is 7.48. The van der Waals surface area contributed by atoms with Gasteiger partial charge in [0.1, 0.15) is 5.69 Å². The summed E-state index contributed by atoms with van der Waals surface area (Å²) in [5, 5.41) is 10.9. The van der Waals surface area contributed by atoms with Crippen molar-refractivity contribution in [2.45, 2.75) is 58.9 Å². The van der Waals surface area contributed by atoms with Crippen molar-refractivity contribution in [2.24, 2.45) is 5.41 Å². The minimum absolute atomic E-state index is 0. The molecule has 1 fully saturated rings. The van der Waals surface area contributed by atoms with Crippen LogP contribution in [-0.2, 0) is 0 Å². The number of nitrogens with one attached hydrogen (secondary N) is 2. The molecule has 1 aromatic rings. The lowest BCUT2D eigenvalue weighted by Crippen LogP contribution is -2.37. The van der Waals surface area contributed by atoms with Crippen LogP contribution in [0.5, 0.6) is 0 Å². The van der Waals surface area contributed by atoms with Crippen molar-refractivity contribution in [2.75, 3.05) is 19.6 Å². The summed E-state index contributed by atoms with van der Waals surface area (Å²) < 4.78 is 1.94. The summed E-state index contributed by atoms with van der Waals surface area (Å²) in [7, 11) is 0. The first-order chi connectivity index (χ1) is 10.6. The Morgan fingerprint density at radius 1 is 1.39 bits per heavy atom. The Kier molecular flexibility index (Phi) is 8.06. The van der Waals surface area contributed by atoms with Crippen LogP contribution in [0.1, 0.15) is 69.4 Å². The number of nitrogens with zero attached hydrogens (tertiary/aromatic N) is 2. The van der Waals surface area contributed by atoms with Crippen LogP contribution < -0.4 is 10.6 Å². The van der Waals surface area contributed by atoms with E-state index in [1.54, 1.807) is 0 Å². The molecule has 132 valence electrons. The van der Waals surface area contributed by atoms with E-state index in [0.29, 0.717) is 11.7 Å². The SMILES string of the molecule is CCC(CC)(CC)CNC(=O)c1ccn(C2CCCNC2)n1.Cl. The smallest absolute Gasteiger partial charge is 0.271 e. The van der Waals surface area contributed by atoms with E-state index in [1.165, 1.54) is 0 Å². The van der Waals surface area contributed by atoms with Gasteiger partial charge in [0.15, 0.2) is 0 Å². The van der Waals surface area contributed by atoms with Gasteiger partial charge in [0, 0.05) is 19.3 Å². The molecule has 0 bridgehead atoms. The number of amides is 1. The highest BCUT2D eigenvalue weighted by atomic mass is 35.5. The standard InChI is InChI=1S/C17H30N4O.ClH/c1-4-17(5-2,6-3)13-19-16(22)15-9-11-21(20-15)14-8-7-10-18-12-14;/h9,11,14,18H,4-8,10,12-13H2,1-3H3,(H,19,22);1H. The van der Waals surface area contributed by atoms with E-state index in [1.807, 2.05) is 16.9 Å². The van der Waals surface area contributed by atoms with Gasteiger partial charge in [-0.2, -0.15) is 5.10 Å². The van der Waals surface area contributed by atoms with E-state index >= 15 is 0 Å². The third-order valence-electron chi connectivity index (χ3n) is 5.36. The van der Waals surface area contributed by atoms with Gasteiger partial charge >= 0.3 is 0 Å². The van der Waals surface area contributed by atoms with Gasteiger partial charge in [0.25, 0.3) is 5.91 Å². The van der Waals surface area contributed by atoms with Crippen LogP contribution in [0, 0.1) is 5.41 Å². The first-order valence-electron chi connectivity index (χ1n) is 8.68. The Labute approximate surface area is 146 Å². The number of hydrogen-bond acceptors (Lipinski definition) is 3. The van der Waals surface area contributed by atoms with Gasteiger partial charge in [-0.15, -0.1) is 12.4 Å². The highest BCUT2D eigenvalue weighted by molar-refractivity contribution is 5.92. The van der Waals surface area contributed by atoms with Crippen LogP contribution >= 0.6 is 12.4 Å². The summed E-state index contributed by atoms with van der Waals surface area (Å²) in [5.74, 6) is -0.0535. The van der Waals surface area contributed by atoms with Gasteiger partial charge in [-0.3, -0.25) is 9.48 Å². The molecule has 1 amide bonds. The average molecular weight is 343 g/mol. The summed E-state index contributed by atoms with van der Waals surface area (Å²) in [6.45, 7) is 9.34. The largest absolute Gasteiger partial charge is 0.350 e. The third-order valence-corrected chi connectivity index (χ3v) is 5.36. The molecule has 0 aromatic carbocycles. The van der Waals surface area contributed by atoms with Crippen molar-refractivity contribution in [3.63, 3.8) is 0 Å². The molecule has 1 aliphatic rings. The minimum Gasteiger partial charge on any atom is -0.350 e. The van der Waals surface area contributed by atoms with Gasteiger partial charge in [0.2, 0.25) is 0 Å². The number of piperidine rings is 1. The van der Waals surface area contributed by atoms with Crippen LogP contribution in [0.4, 0.5) is 0 Å². The van der Waals surface area contributed by atoms with Crippen LogP contribution in [-0.4, -0.2) is 35.3 Å². The Balaban J connectivity index is 0.00000264. The van der Waals surface area contributed by atoms with Crippen molar-refractivity contribution in [3.8, 4) is 0 Å². The summed E-state index contributed by atoms with van der Waals surface area (Å²) in [6, 6.07) is 2.20. The molecule has 0 aliphatic carbocycles. The normalized spacial score (nSPS) is 18.3. The molecular formula is C17H31ClN4O. The Hall–Kier alpha value is -1.07. The molecule has 0 spiro atoms. The zero-order valence-corrected chi connectivity index (χ0v) is 15.4. The number of carbonyl (C=O) groups excluding carboxylic acids is 1. The molecule has 1 aromatic heterocycles. The molecule has 1 atom stereocenters. The molecule has 0 radical (unpaired) electrons. The van der Waals surface area contributed by atoms with E-state index in [-0.39, 0.29) is 23.7 Å². The van der Waals surface area contributed by atoms with Gasteiger partial charge in [-0.1, -0.05) is 20.8 Å². The van der Waals surface area contributed by atoms with E-state index < -0.39 is 0 Å². The van der Waals surface area contributed by atoms with Crippen molar-refractivity contribution in [1.29, 1.82) is 0 Å². The molecule has 23 heavy (non-hydrogen) atoms. The van der Waals surface area contributed by atoms with Crippen LogP contribution in [0.3, 0.4) is 0 Å². The molecule has 2 heterocycles.